The lowest BCUT2D eigenvalue weighted by atomic mass is 10.3. The minimum absolute atomic E-state index is 0.0382. The highest BCUT2D eigenvalue weighted by molar-refractivity contribution is 6.32. The summed E-state index contributed by atoms with van der Waals surface area (Å²) in [6.45, 7) is -0.564. The van der Waals surface area contributed by atoms with Crippen molar-refractivity contribution in [1.29, 1.82) is 0 Å². The van der Waals surface area contributed by atoms with Crippen LogP contribution < -0.4 is 5.69 Å². The fourth-order valence-corrected chi connectivity index (χ4v) is 1.61. The summed E-state index contributed by atoms with van der Waals surface area (Å²) < 4.78 is 27.3. The molecule has 0 fully saturated rings. The van der Waals surface area contributed by atoms with Gasteiger partial charge in [-0.05, 0) is 22.9 Å². The zero-order chi connectivity index (χ0) is 14.0. The zero-order valence-corrected chi connectivity index (χ0v) is 10.3. The number of phenolic OH excluding ortho intramolecular Hbond substituents is 1. The molecule has 0 spiro atoms. The van der Waals surface area contributed by atoms with E-state index in [1.54, 1.807) is 0 Å². The third-order valence-corrected chi connectivity index (χ3v) is 2.69. The van der Waals surface area contributed by atoms with Gasteiger partial charge in [0.05, 0.1) is 18.2 Å². The van der Waals surface area contributed by atoms with Crippen LogP contribution in [0.3, 0.4) is 0 Å². The molecule has 0 bridgehead atoms. The van der Waals surface area contributed by atoms with E-state index < -0.39 is 18.2 Å². The third kappa shape index (κ3) is 2.58. The molecular formula is C10H9ClF2N4O2. The number of hydrogen-bond acceptors (Lipinski definition) is 4. The maximum absolute atomic E-state index is 13.7. The van der Waals surface area contributed by atoms with Crippen LogP contribution >= 0.6 is 11.6 Å². The highest BCUT2D eigenvalue weighted by Crippen LogP contribution is 2.27. The lowest BCUT2D eigenvalue weighted by molar-refractivity contribution is 0.427. The Kier molecular flexibility index (Phi) is 3.79. The number of aromatic hydroxyl groups is 1. The van der Waals surface area contributed by atoms with E-state index in [0.717, 1.165) is 16.8 Å². The minimum Gasteiger partial charge on any atom is -0.506 e. The van der Waals surface area contributed by atoms with Gasteiger partial charge in [-0.3, -0.25) is 4.39 Å². The Labute approximate surface area is 110 Å². The molecule has 0 unspecified atom stereocenters. The van der Waals surface area contributed by atoms with Crippen LogP contribution in [0.4, 0.5) is 8.78 Å². The van der Waals surface area contributed by atoms with Crippen molar-refractivity contribution in [3.05, 3.63) is 33.5 Å². The molecule has 0 aliphatic rings. The van der Waals surface area contributed by atoms with Crippen molar-refractivity contribution in [3.63, 3.8) is 0 Å². The van der Waals surface area contributed by atoms with Crippen molar-refractivity contribution in [2.75, 3.05) is 6.67 Å². The number of halogens is 3. The first-order valence-electron chi connectivity index (χ1n) is 5.31. The molecule has 1 heterocycles. The van der Waals surface area contributed by atoms with Gasteiger partial charge >= 0.3 is 5.69 Å². The number of hydrogen-bond donors (Lipinski definition) is 1. The first-order valence-corrected chi connectivity index (χ1v) is 5.69. The number of rotatable bonds is 4. The molecule has 0 aliphatic carbocycles. The zero-order valence-electron chi connectivity index (χ0n) is 9.55. The second-order valence-corrected chi connectivity index (χ2v) is 4.10. The summed E-state index contributed by atoms with van der Waals surface area (Å²) in [6, 6.07) is 1.83. The molecular weight excluding hydrogens is 282 g/mol. The molecule has 0 radical (unpaired) electrons. The van der Waals surface area contributed by atoms with Gasteiger partial charge in [-0.2, -0.15) is 9.36 Å². The number of phenols is 1. The van der Waals surface area contributed by atoms with E-state index in [9.17, 15) is 18.7 Å². The van der Waals surface area contributed by atoms with E-state index in [1.807, 2.05) is 0 Å². The predicted molar refractivity (Wildman–Crippen MR) is 62.8 cm³/mol. The molecule has 1 aromatic carbocycles. The molecule has 0 saturated heterocycles. The summed E-state index contributed by atoms with van der Waals surface area (Å²) in [6.07, 6.45) is 0.104. The summed E-state index contributed by atoms with van der Waals surface area (Å²) in [5.74, 6) is -1.22. The van der Waals surface area contributed by atoms with E-state index in [-0.39, 0.29) is 29.4 Å². The van der Waals surface area contributed by atoms with Crippen molar-refractivity contribution in [3.8, 4) is 11.4 Å². The van der Waals surface area contributed by atoms with Crippen molar-refractivity contribution in [1.82, 2.24) is 19.8 Å². The summed E-state index contributed by atoms with van der Waals surface area (Å²) in [5.41, 5.74) is -1.01. The smallest absolute Gasteiger partial charge is 0.368 e. The van der Waals surface area contributed by atoms with Crippen molar-refractivity contribution >= 4 is 11.6 Å². The van der Waals surface area contributed by atoms with E-state index >= 15 is 0 Å². The number of alkyl halides is 1. The Morgan fingerprint density at radius 1 is 1.37 bits per heavy atom. The predicted octanol–water partition coefficient (Wildman–Crippen LogP) is 1.29. The Balaban J connectivity index is 2.45. The van der Waals surface area contributed by atoms with Crippen LogP contribution in [0.25, 0.3) is 5.69 Å². The van der Waals surface area contributed by atoms with E-state index in [2.05, 4.69) is 10.4 Å². The fraction of sp³-hybridized carbons (Fsp3) is 0.300. The molecule has 6 nitrogen and oxygen atoms in total. The lowest BCUT2D eigenvalue weighted by Crippen LogP contribution is -2.25. The first-order chi connectivity index (χ1) is 9.04. The Morgan fingerprint density at radius 3 is 2.79 bits per heavy atom. The highest BCUT2D eigenvalue weighted by Gasteiger charge is 2.15. The van der Waals surface area contributed by atoms with E-state index in [1.165, 1.54) is 0 Å². The average molecular weight is 291 g/mol. The van der Waals surface area contributed by atoms with E-state index in [0.29, 0.717) is 4.68 Å². The van der Waals surface area contributed by atoms with Crippen LogP contribution in [0.5, 0.6) is 5.75 Å². The summed E-state index contributed by atoms with van der Waals surface area (Å²) in [5, 5.41) is 16.2. The summed E-state index contributed by atoms with van der Waals surface area (Å²) >= 11 is 5.53. The van der Waals surface area contributed by atoms with Gasteiger partial charge in [0.15, 0.2) is 5.82 Å². The second kappa shape index (κ2) is 5.35. The second-order valence-electron chi connectivity index (χ2n) is 3.69. The molecule has 2 aromatic rings. The first kappa shape index (κ1) is 13.5. The van der Waals surface area contributed by atoms with Crippen LogP contribution in [0, 0.1) is 5.82 Å². The lowest BCUT2D eigenvalue weighted by Gasteiger charge is -2.03. The van der Waals surface area contributed by atoms with Gasteiger partial charge in [0, 0.05) is 6.07 Å². The van der Waals surface area contributed by atoms with E-state index in [4.69, 9.17) is 11.6 Å². The van der Waals surface area contributed by atoms with Gasteiger partial charge in [0.1, 0.15) is 11.4 Å². The molecule has 0 aliphatic heterocycles. The van der Waals surface area contributed by atoms with Crippen LogP contribution in [0.15, 0.2) is 16.9 Å². The quantitative estimate of drug-likeness (QED) is 0.921. The van der Waals surface area contributed by atoms with Gasteiger partial charge < -0.3 is 5.11 Å². The van der Waals surface area contributed by atoms with Gasteiger partial charge in [-0.15, -0.1) is 0 Å². The molecule has 102 valence electrons. The largest absolute Gasteiger partial charge is 0.506 e. The van der Waals surface area contributed by atoms with Crippen molar-refractivity contribution in [2.45, 2.75) is 13.0 Å². The molecule has 0 saturated carbocycles. The van der Waals surface area contributed by atoms with Crippen LogP contribution in [-0.4, -0.2) is 31.6 Å². The topological polar surface area (TPSA) is 72.9 Å². The monoisotopic (exact) mass is 290 g/mol. The Hall–Kier alpha value is -1.96. The molecule has 0 amide bonds. The van der Waals surface area contributed by atoms with Crippen LogP contribution in [0.1, 0.15) is 6.42 Å². The Morgan fingerprint density at radius 2 is 2.11 bits per heavy atom. The molecule has 9 heteroatoms. The van der Waals surface area contributed by atoms with Gasteiger partial charge in [-0.25, -0.2) is 9.18 Å². The number of aryl methyl sites for hydroxylation is 1. The average Bonchev–Trinajstić information content (AvgIpc) is 2.73. The van der Waals surface area contributed by atoms with Crippen LogP contribution in [0.2, 0.25) is 5.02 Å². The summed E-state index contributed by atoms with van der Waals surface area (Å²) in [7, 11) is 0. The van der Waals surface area contributed by atoms with Crippen molar-refractivity contribution < 1.29 is 13.9 Å². The molecule has 1 aromatic heterocycles. The number of aromatic nitrogens is 4. The normalized spacial score (nSPS) is 10.9. The van der Waals surface area contributed by atoms with Gasteiger partial charge in [0.25, 0.3) is 0 Å². The number of benzene rings is 1. The van der Waals surface area contributed by atoms with Gasteiger partial charge in [-0.1, -0.05) is 11.6 Å². The highest BCUT2D eigenvalue weighted by atomic mass is 35.5. The van der Waals surface area contributed by atoms with Gasteiger partial charge in [0.2, 0.25) is 0 Å². The number of tetrazole rings is 1. The maximum Gasteiger partial charge on any atom is 0.368 e. The fourth-order valence-electron chi connectivity index (χ4n) is 1.46. The molecule has 0 atom stereocenters. The van der Waals surface area contributed by atoms with Crippen molar-refractivity contribution in [2.24, 2.45) is 0 Å². The number of nitrogens with zero attached hydrogens (tertiary/aromatic N) is 4. The SMILES string of the molecule is O=c1n(CCCF)nnn1-c1cc(O)c(Cl)cc1F. The standard InChI is InChI=1S/C10H9ClF2N4O2/c11-6-4-7(13)8(5-9(6)18)17-10(19)16(14-15-17)3-1-2-12/h4-5,18H,1-3H2. The minimum atomic E-state index is -0.831. The van der Waals surface area contributed by atoms with Crippen LogP contribution in [-0.2, 0) is 6.54 Å². The molecule has 2 rings (SSSR count). The third-order valence-electron chi connectivity index (χ3n) is 2.39. The maximum atomic E-state index is 13.7. The Bertz CT molecular complexity index is 655. The summed E-state index contributed by atoms with van der Waals surface area (Å²) in [4.78, 5) is 11.8. The molecule has 1 N–H and O–H groups in total. The molecule has 19 heavy (non-hydrogen) atoms.